The lowest BCUT2D eigenvalue weighted by Gasteiger charge is -2.51. The molecule has 2 bridgehead atoms. The van der Waals surface area contributed by atoms with Crippen LogP contribution in [0.4, 0.5) is 35.9 Å². The van der Waals surface area contributed by atoms with E-state index in [0.29, 0.717) is 61.6 Å². The van der Waals surface area contributed by atoms with E-state index in [1.54, 1.807) is 23.1 Å². The number of imide groups is 1. The van der Waals surface area contributed by atoms with Gasteiger partial charge in [0.1, 0.15) is 30.0 Å². The van der Waals surface area contributed by atoms with E-state index in [-0.39, 0.29) is 53.6 Å². The molecule has 3 atom stereocenters. The summed E-state index contributed by atoms with van der Waals surface area (Å²) >= 11 is 5.80. The highest BCUT2D eigenvalue weighted by molar-refractivity contribution is 7.81. The third-order valence-corrected chi connectivity index (χ3v) is 12.6. The third-order valence-electron chi connectivity index (χ3n) is 12.3. The number of pyridine rings is 1. The highest BCUT2D eigenvalue weighted by Gasteiger charge is 2.60. The number of nitrogens with one attached hydrogen (secondary N) is 3. The normalized spacial score (nSPS) is 22.8. The van der Waals surface area contributed by atoms with Crippen LogP contribution in [-0.4, -0.2) is 100.0 Å². The van der Waals surface area contributed by atoms with Crippen LogP contribution < -0.4 is 30.5 Å². The van der Waals surface area contributed by atoms with Gasteiger partial charge in [-0.3, -0.25) is 39.2 Å². The Morgan fingerprint density at radius 1 is 1.03 bits per heavy atom. The molecule has 4 amide bonds. The first-order valence-corrected chi connectivity index (χ1v) is 20.6. The molecule has 3 aromatic rings. The summed E-state index contributed by atoms with van der Waals surface area (Å²) < 4.78 is 47.8. The molecule has 1 aromatic heterocycles. The molecule has 60 heavy (non-hydrogen) atoms. The Bertz CT molecular complexity index is 2280. The number of ether oxygens (including phenoxy) is 1. The summed E-state index contributed by atoms with van der Waals surface area (Å²) in [5.41, 5.74) is -0.343. The van der Waals surface area contributed by atoms with Crippen LogP contribution in [0.2, 0.25) is 0 Å². The number of nitriles is 1. The Balaban J connectivity index is 0.864. The van der Waals surface area contributed by atoms with Crippen LogP contribution >= 0.6 is 12.2 Å². The summed E-state index contributed by atoms with van der Waals surface area (Å²) in [4.78, 5) is 62.0. The van der Waals surface area contributed by atoms with Gasteiger partial charge in [0.15, 0.2) is 10.8 Å². The first kappa shape index (κ1) is 41.1. The van der Waals surface area contributed by atoms with E-state index >= 15 is 0 Å². The minimum absolute atomic E-state index is 0.0512. The first-order chi connectivity index (χ1) is 28.8. The van der Waals surface area contributed by atoms with Gasteiger partial charge >= 0.3 is 6.18 Å². The van der Waals surface area contributed by atoms with Crippen molar-refractivity contribution in [3.05, 3.63) is 71.5 Å². The van der Waals surface area contributed by atoms with Gasteiger partial charge in [0, 0.05) is 55.2 Å². The van der Waals surface area contributed by atoms with Crippen LogP contribution in [0.5, 0.6) is 5.75 Å². The predicted octanol–water partition coefficient (Wildman–Crippen LogP) is 4.98. The van der Waals surface area contributed by atoms with Gasteiger partial charge in [-0.2, -0.15) is 18.4 Å². The fourth-order valence-electron chi connectivity index (χ4n) is 9.06. The number of aryl methyl sites for hydroxylation is 1. The van der Waals surface area contributed by atoms with Crippen LogP contribution in [0.1, 0.15) is 68.7 Å². The van der Waals surface area contributed by atoms with Crippen LogP contribution in [0.3, 0.4) is 0 Å². The number of carbonyl (C=O) groups excluding carboxylic acids is 4. The van der Waals surface area contributed by atoms with E-state index in [4.69, 9.17) is 17.0 Å². The molecule has 14 nitrogen and oxygen atoms in total. The number of nitrogens with zero attached hydrogens (tertiary/aromatic N) is 6. The number of halogens is 3. The fraction of sp³-hybridized carbons (Fsp3) is 0.452. The van der Waals surface area contributed by atoms with E-state index in [1.165, 1.54) is 6.07 Å². The van der Waals surface area contributed by atoms with Crippen LogP contribution in [0.15, 0.2) is 54.7 Å². The highest BCUT2D eigenvalue weighted by atomic mass is 32.1. The van der Waals surface area contributed by atoms with Crippen LogP contribution in [0.25, 0.3) is 0 Å². The SMILES string of the molecule is CCc1cc(N2C(=S)N(c3cnc(C#N)c(C(F)(F)F)c3)C(=O)C23CCC3)ccc1OCCN1CC2CC[C@H]1CN2CC(=O)Nc1cccc(NC2CCC(=O)NC2=O)c1. The molecular weight excluding hydrogens is 800 g/mol. The number of benzene rings is 2. The van der Waals surface area contributed by atoms with Gasteiger partial charge < -0.3 is 20.3 Å². The maximum absolute atomic E-state index is 14.0. The maximum atomic E-state index is 14.0. The topological polar surface area (TPSA) is 163 Å². The smallest absolute Gasteiger partial charge is 0.419 e. The van der Waals surface area contributed by atoms with Gasteiger partial charge in [-0.05, 0) is 105 Å². The number of piperidine rings is 3. The Morgan fingerprint density at radius 3 is 2.45 bits per heavy atom. The van der Waals surface area contributed by atoms with Crippen molar-refractivity contribution in [1.82, 2.24) is 20.1 Å². The summed E-state index contributed by atoms with van der Waals surface area (Å²) in [6.07, 6.45) is 1.27. The standard InChI is InChI=1S/C42H44F3N9O5S/c1-2-25-17-28(54-40(60)53(39(58)41(54)13-4-14-41)31-19-32(42(43,44)45)34(20-46)47-21-31)9-11-35(25)59-16-15-51-22-30-8-7-29(51)23-52(30)24-37(56)49-27-6-3-5-26(18-27)48-33-10-12-36(55)50-38(33)57/h3,5-6,9,11,17-19,21,29-30,33,48H,2,4,7-8,10,12-16,22-24H2,1H3,(H,49,56)(H,50,55,57)/t29-,30?,33?/m0/s1. The van der Waals surface area contributed by atoms with Crippen molar-refractivity contribution in [2.75, 3.05) is 53.2 Å². The number of piperazine rings is 1. The van der Waals surface area contributed by atoms with Gasteiger partial charge in [0.2, 0.25) is 17.7 Å². The van der Waals surface area contributed by atoms with Crippen molar-refractivity contribution in [2.24, 2.45) is 0 Å². The Hall–Kier alpha value is -5.64. The van der Waals surface area contributed by atoms with Gasteiger partial charge in [-0.25, -0.2) is 4.98 Å². The molecule has 18 heteroatoms. The zero-order valence-corrected chi connectivity index (χ0v) is 33.7. The predicted molar refractivity (Wildman–Crippen MR) is 219 cm³/mol. The molecule has 9 rings (SSSR count). The molecular formula is C42H44F3N9O5S. The molecule has 6 heterocycles. The molecule has 2 unspecified atom stereocenters. The quantitative estimate of drug-likeness (QED) is 0.166. The summed E-state index contributed by atoms with van der Waals surface area (Å²) in [6, 6.07) is 15.0. The molecule has 1 spiro atoms. The number of aromatic nitrogens is 1. The number of rotatable bonds is 12. The highest BCUT2D eigenvalue weighted by Crippen LogP contribution is 2.49. The van der Waals surface area contributed by atoms with E-state index in [0.717, 1.165) is 55.1 Å². The van der Waals surface area contributed by atoms with Crippen LogP contribution in [0, 0.1) is 11.3 Å². The van der Waals surface area contributed by atoms with E-state index in [2.05, 4.69) is 30.7 Å². The van der Waals surface area contributed by atoms with E-state index in [1.807, 2.05) is 31.2 Å². The molecule has 6 fully saturated rings. The van der Waals surface area contributed by atoms with Crippen molar-refractivity contribution in [3.8, 4) is 11.8 Å². The zero-order chi connectivity index (χ0) is 42.3. The molecule has 2 aromatic carbocycles. The summed E-state index contributed by atoms with van der Waals surface area (Å²) in [6.45, 7) is 4.95. The molecule has 1 aliphatic carbocycles. The average Bonchev–Trinajstić information content (AvgIpc) is 3.45. The minimum Gasteiger partial charge on any atom is -0.492 e. The number of fused-ring (bicyclic) bond motifs is 3. The third kappa shape index (κ3) is 7.88. The van der Waals surface area contributed by atoms with Gasteiger partial charge in [-0.1, -0.05) is 13.0 Å². The number of alkyl halides is 3. The average molecular weight is 844 g/mol. The monoisotopic (exact) mass is 843 g/mol. The lowest BCUT2D eigenvalue weighted by molar-refractivity contribution is -0.138. The summed E-state index contributed by atoms with van der Waals surface area (Å²) in [7, 11) is 0. The van der Waals surface area contributed by atoms with Crippen molar-refractivity contribution >= 4 is 63.7 Å². The van der Waals surface area contributed by atoms with E-state index < -0.39 is 34.9 Å². The number of anilines is 4. The number of hydrogen-bond donors (Lipinski definition) is 3. The van der Waals surface area contributed by atoms with Crippen molar-refractivity contribution in [3.63, 3.8) is 0 Å². The van der Waals surface area contributed by atoms with Crippen molar-refractivity contribution in [1.29, 1.82) is 5.26 Å². The molecule has 3 N–H and O–H groups in total. The molecule has 5 aliphatic heterocycles. The Labute approximate surface area is 350 Å². The summed E-state index contributed by atoms with van der Waals surface area (Å²) in [5.74, 6) is -0.488. The molecule has 5 saturated heterocycles. The second kappa shape index (κ2) is 16.4. The van der Waals surface area contributed by atoms with Crippen LogP contribution in [-0.2, 0) is 31.8 Å². The number of hydrogen-bond acceptors (Lipinski definition) is 11. The maximum Gasteiger partial charge on any atom is 0.419 e. The second-order valence-electron chi connectivity index (χ2n) is 15.9. The number of carbonyl (C=O) groups is 4. The zero-order valence-electron chi connectivity index (χ0n) is 32.9. The van der Waals surface area contributed by atoms with Gasteiger partial charge in [-0.15, -0.1) is 0 Å². The van der Waals surface area contributed by atoms with Crippen molar-refractivity contribution < 1.29 is 37.1 Å². The number of amides is 4. The lowest BCUT2D eigenvalue weighted by Crippen LogP contribution is -2.63. The number of thiocarbonyl (C=S) groups is 1. The molecule has 6 aliphatic rings. The molecule has 314 valence electrons. The van der Waals surface area contributed by atoms with Gasteiger partial charge in [0.25, 0.3) is 5.91 Å². The first-order valence-electron chi connectivity index (χ1n) is 20.2. The lowest BCUT2D eigenvalue weighted by atomic mass is 9.75. The Morgan fingerprint density at radius 2 is 1.78 bits per heavy atom. The minimum atomic E-state index is -4.85. The summed E-state index contributed by atoms with van der Waals surface area (Å²) in [5, 5.41) is 17.8. The van der Waals surface area contributed by atoms with Crippen molar-refractivity contribution in [2.45, 2.75) is 88.1 Å². The molecule has 0 radical (unpaired) electrons. The Kier molecular flexibility index (Phi) is 11.3. The fourth-order valence-corrected chi connectivity index (χ4v) is 9.53. The van der Waals surface area contributed by atoms with Gasteiger partial charge in [0.05, 0.1) is 24.0 Å². The largest absolute Gasteiger partial charge is 0.492 e. The molecule has 1 saturated carbocycles. The van der Waals surface area contributed by atoms with E-state index in [9.17, 15) is 37.6 Å². The second-order valence-corrected chi connectivity index (χ2v) is 16.3.